The number of carbonyl (C=O) groups is 1. The average Bonchev–Trinajstić information content (AvgIpc) is 2.89. The minimum Gasteiger partial charge on any atom is -0.426 e. The van der Waals surface area contributed by atoms with Gasteiger partial charge >= 0.3 is 5.97 Å². The topological polar surface area (TPSA) is 38.7 Å². The molecule has 0 spiro atoms. The fraction of sp³-hybridized carbons (Fsp3) is 0.742. The summed E-state index contributed by atoms with van der Waals surface area (Å²) in [7, 11) is 0. The van der Waals surface area contributed by atoms with Gasteiger partial charge in [-0.1, -0.05) is 78.1 Å². The Labute approximate surface area is 219 Å². The van der Waals surface area contributed by atoms with Gasteiger partial charge in [0.25, 0.3) is 0 Å². The predicted molar refractivity (Wildman–Crippen MR) is 149 cm³/mol. The Balaban J connectivity index is 1.31. The molecule has 0 bridgehead atoms. The molecule has 4 heteroatoms. The highest BCUT2D eigenvalue weighted by atomic mass is 32.1. The van der Waals surface area contributed by atoms with Gasteiger partial charge in [0, 0.05) is 0 Å². The van der Waals surface area contributed by atoms with Gasteiger partial charge in [-0.2, -0.15) is 4.99 Å². The molecule has 194 valence electrons. The van der Waals surface area contributed by atoms with Gasteiger partial charge in [0.15, 0.2) is 0 Å². The molecule has 1 atom stereocenters. The van der Waals surface area contributed by atoms with Crippen molar-refractivity contribution in [2.75, 3.05) is 0 Å². The van der Waals surface area contributed by atoms with E-state index in [-0.39, 0.29) is 11.9 Å². The maximum Gasteiger partial charge on any atom is 0.314 e. The van der Waals surface area contributed by atoms with Gasteiger partial charge in [0.2, 0.25) is 0 Å². The number of thiocarbonyl (C=S) groups is 1. The molecule has 2 aliphatic carbocycles. The summed E-state index contributed by atoms with van der Waals surface area (Å²) in [5, 5.41) is 2.35. The van der Waals surface area contributed by atoms with Gasteiger partial charge in [-0.25, -0.2) is 0 Å². The van der Waals surface area contributed by atoms with Crippen LogP contribution in [0.1, 0.15) is 117 Å². The van der Waals surface area contributed by atoms with E-state index in [0.717, 1.165) is 42.2 Å². The third kappa shape index (κ3) is 9.47. The first-order valence-corrected chi connectivity index (χ1v) is 14.9. The van der Waals surface area contributed by atoms with Crippen LogP contribution in [0.15, 0.2) is 29.3 Å². The molecule has 0 amide bonds. The lowest BCUT2D eigenvalue weighted by atomic mass is 9.67. The second-order valence-electron chi connectivity index (χ2n) is 11.3. The van der Waals surface area contributed by atoms with Crippen molar-refractivity contribution in [1.29, 1.82) is 0 Å². The van der Waals surface area contributed by atoms with Gasteiger partial charge in [-0.15, -0.1) is 0 Å². The molecule has 35 heavy (non-hydrogen) atoms. The number of rotatable bonds is 13. The monoisotopic (exact) mass is 497 g/mol. The Morgan fingerprint density at radius 3 is 2.09 bits per heavy atom. The number of carbonyl (C=O) groups excluding carboxylic acids is 1. The summed E-state index contributed by atoms with van der Waals surface area (Å²) < 4.78 is 5.65. The summed E-state index contributed by atoms with van der Waals surface area (Å²) in [4.78, 5) is 16.6. The third-order valence-corrected chi connectivity index (χ3v) is 9.02. The molecule has 2 fully saturated rings. The van der Waals surface area contributed by atoms with Crippen molar-refractivity contribution >= 4 is 29.0 Å². The first-order chi connectivity index (χ1) is 17.1. The fourth-order valence-corrected chi connectivity index (χ4v) is 6.60. The Morgan fingerprint density at radius 1 is 0.914 bits per heavy atom. The van der Waals surface area contributed by atoms with Crippen molar-refractivity contribution in [3.05, 3.63) is 24.3 Å². The number of nitrogens with zero attached hydrogens (tertiary/aromatic N) is 1. The fourth-order valence-electron chi connectivity index (χ4n) is 6.50. The van der Waals surface area contributed by atoms with Crippen LogP contribution < -0.4 is 4.74 Å². The molecule has 0 N–H and O–H groups in total. The van der Waals surface area contributed by atoms with Crippen LogP contribution in [-0.4, -0.2) is 11.1 Å². The summed E-state index contributed by atoms with van der Waals surface area (Å²) in [6.45, 7) is 4.79. The normalized spacial score (nSPS) is 25.4. The third-order valence-electron chi connectivity index (χ3n) is 8.93. The van der Waals surface area contributed by atoms with E-state index in [4.69, 9.17) is 4.74 Å². The standard InChI is InChI=1S/C31H47NO2S/c1-3-4-5-6-7-8-9-10-25-11-13-26(14-12-25)24(2)27-15-17-28(18-16-27)31(33)34-30-21-19-29(20-22-30)32-23-35/h19-22,24-28H,3-18H2,1-2H3. The smallest absolute Gasteiger partial charge is 0.314 e. The van der Waals surface area contributed by atoms with Crippen LogP contribution >= 0.6 is 12.2 Å². The van der Waals surface area contributed by atoms with E-state index in [1.165, 1.54) is 89.9 Å². The summed E-state index contributed by atoms with van der Waals surface area (Å²) >= 11 is 4.63. The minimum absolute atomic E-state index is 0.0369. The summed E-state index contributed by atoms with van der Waals surface area (Å²) in [5.74, 6) is 3.98. The average molecular weight is 498 g/mol. The number of hydrogen-bond acceptors (Lipinski definition) is 4. The molecule has 0 aromatic heterocycles. The first kappa shape index (κ1) is 28.1. The van der Waals surface area contributed by atoms with E-state index >= 15 is 0 Å². The van der Waals surface area contributed by atoms with E-state index < -0.39 is 0 Å². The first-order valence-electron chi connectivity index (χ1n) is 14.5. The van der Waals surface area contributed by atoms with Crippen molar-refractivity contribution < 1.29 is 9.53 Å². The van der Waals surface area contributed by atoms with Crippen molar-refractivity contribution in [3.63, 3.8) is 0 Å². The molecular formula is C31H47NO2S. The SMILES string of the molecule is CCCCCCCCCC1CCC(C(C)C2CCC(C(=O)Oc3ccc(N=C=S)cc3)CC2)CC1. The lowest BCUT2D eigenvalue weighted by molar-refractivity contribution is -0.140. The molecule has 0 heterocycles. The van der Waals surface area contributed by atoms with Gasteiger partial charge in [0.1, 0.15) is 5.75 Å². The lowest BCUT2D eigenvalue weighted by Crippen LogP contribution is -2.31. The van der Waals surface area contributed by atoms with E-state index in [1.807, 2.05) is 0 Å². The summed E-state index contributed by atoms with van der Waals surface area (Å²) in [6.07, 6.45) is 21.4. The number of benzene rings is 1. The van der Waals surface area contributed by atoms with Crippen LogP contribution in [0, 0.1) is 29.6 Å². The van der Waals surface area contributed by atoms with Crippen LogP contribution in [0.5, 0.6) is 5.75 Å². The second kappa shape index (κ2) is 15.6. The number of isothiocyanates is 1. The quantitative estimate of drug-likeness (QED) is 0.0895. The molecule has 3 rings (SSSR count). The number of aliphatic imine (C=N–C) groups is 1. The van der Waals surface area contributed by atoms with Crippen LogP contribution in [0.4, 0.5) is 5.69 Å². The second-order valence-corrected chi connectivity index (χ2v) is 11.5. The van der Waals surface area contributed by atoms with Gasteiger partial charge < -0.3 is 4.74 Å². The Bertz CT molecular complexity index is 785. The zero-order valence-electron chi connectivity index (χ0n) is 22.2. The Kier molecular flexibility index (Phi) is 12.5. The zero-order valence-corrected chi connectivity index (χ0v) is 23.0. The highest BCUT2D eigenvalue weighted by Gasteiger charge is 2.34. The van der Waals surface area contributed by atoms with Crippen LogP contribution in [0.2, 0.25) is 0 Å². The molecule has 1 unspecified atom stereocenters. The molecule has 1 aromatic carbocycles. The summed E-state index contributed by atoms with van der Waals surface area (Å²) in [5.41, 5.74) is 0.723. The molecule has 0 aliphatic heterocycles. The maximum absolute atomic E-state index is 12.7. The number of esters is 1. The van der Waals surface area contributed by atoms with Crippen molar-refractivity contribution in [2.24, 2.45) is 34.6 Å². The molecule has 2 aliphatic rings. The minimum atomic E-state index is -0.0759. The van der Waals surface area contributed by atoms with Crippen molar-refractivity contribution in [3.8, 4) is 5.75 Å². The Hall–Kier alpha value is -1.51. The molecule has 0 saturated heterocycles. The van der Waals surface area contributed by atoms with Crippen LogP contribution in [-0.2, 0) is 4.79 Å². The van der Waals surface area contributed by atoms with Gasteiger partial charge in [-0.3, -0.25) is 4.79 Å². The lowest BCUT2D eigenvalue weighted by Gasteiger charge is -2.38. The molecule has 2 saturated carbocycles. The number of ether oxygens (including phenoxy) is 1. The van der Waals surface area contributed by atoms with E-state index in [0.29, 0.717) is 5.75 Å². The number of hydrogen-bond donors (Lipinski definition) is 0. The summed E-state index contributed by atoms with van der Waals surface area (Å²) in [6, 6.07) is 7.15. The molecule has 0 radical (unpaired) electrons. The molecule has 1 aromatic rings. The van der Waals surface area contributed by atoms with Gasteiger partial charge in [0.05, 0.1) is 16.8 Å². The van der Waals surface area contributed by atoms with Crippen LogP contribution in [0.25, 0.3) is 0 Å². The van der Waals surface area contributed by atoms with E-state index in [9.17, 15) is 4.79 Å². The van der Waals surface area contributed by atoms with Crippen molar-refractivity contribution in [2.45, 2.75) is 117 Å². The van der Waals surface area contributed by atoms with Gasteiger partial charge in [-0.05, 0) is 98.7 Å². The Morgan fingerprint density at radius 2 is 1.49 bits per heavy atom. The predicted octanol–water partition coefficient (Wildman–Crippen LogP) is 9.72. The van der Waals surface area contributed by atoms with E-state index in [1.54, 1.807) is 24.3 Å². The molecular weight excluding hydrogens is 450 g/mol. The van der Waals surface area contributed by atoms with E-state index in [2.05, 4.69) is 36.2 Å². The highest BCUT2D eigenvalue weighted by molar-refractivity contribution is 7.78. The number of unbranched alkanes of at least 4 members (excludes halogenated alkanes) is 6. The largest absolute Gasteiger partial charge is 0.426 e. The van der Waals surface area contributed by atoms with Crippen LogP contribution in [0.3, 0.4) is 0 Å². The maximum atomic E-state index is 12.7. The van der Waals surface area contributed by atoms with Crippen molar-refractivity contribution in [1.82, 2.24) is 0 Å². The molecule has 3 nitrogen and oxygen atoms in total. The zero-order chi connectivity index (χ0) is 24.9. The highest BCUT2D eigenvalue weighted by Crippen LogP contribution is 2.43.